The molecule has 1 rings (SSSR count). The summed E-state index contributed by atoms with van der Waals surface area (Å²) in [5, 5.41) is 0. The number of aliphatic imine (C=N–C) groups is 1. The Bertz CT molecular complexity index is 168. The average Bonchev–Trinajstić information content (AvgIpc) is 2.26. The van der Waals surface area contributed by atoms with E-state index in [1.165, 1.54) is 12.8 Å². The molecule has 1 fully saturated rings. The normalized spacial score (nSPS) is 41.6. The minimum Gasteiger partial charge on any atom is -0.291 e. The number of rotatable bonds is 3. The van der Waals surface area contributed by atoms with Crippen LogP contribution in [-0.4, -0.2) is 36.8 Å². The van der Waals surface area contributed by atoms with Crippen molar-refractivity contribution in [1.29, 1.82) is 0 Å². The summed E-state index contributed by atoms with van der Waals surface area (Å²) in [5.74, 6) is 0.704. The molecule has 12 heavy (non-hydrogen) atoms. The predicted octanol–water partition coefficient (Wildman–Crippen LogP) is 1.78. The van der Waals surface area contributed by atoms with Gasteiger partial charge in [-0.15, -0.1) is 0 Å². The number of hydrogen-bond acceptors (Lipinski definition) is 2. The van der Waals surface area contributed by atoms with Crippen LogP contribution >= 0.6 is 12.8 Å². The lowest BCUT2D eigenvalue weighted by Gasteiger charge is -2.19. The molecule has 2 nitrogen and oxygen atoms in total. The minimum absolute atomic E-state index is 0.437. The summed E-state index contributed by atoms with van der Waals surface area (Å²) < 4.78 is 0.814. The van der Waals surface area contributed by atoms with Gasteiger partial charge in [-0.25, -0.2) is 0 Å². The monoisotopic (exact) mass is 187 g/mol. The molecule has 0 aromatic heterocycles. The van der Waals surface area contributed by atoms with Gasteiger partial charge in [-0.05, 0) is 13.1 Å². The van der Waals surface area contributed by atoms with Crippen molar-refractivity contribution in [2.24, 2.45) is 10.9 Å². The number of nitrogens with zero attached hydrogens (tertiary/aromatic N) is 2. The zero-order chi connectivity index (χ0) is 9.19. The first-order valence-corrected chi connectivity index (χ1v) is 5.02. The van der Waals surface area contributed by atoms with Crippen molar-refractivity contribution in [2.45, 2.75) is 25.8 Å². The van der Waals surface area contributed by atoms with Crippen molar-refractivity contribution >= 4 is 19.5 Å². The molecular weight excluding hydrogens is 168 g/mol. The molecule has 0 bridgehead atoms. The van der Waals surface area contributed by atoms with E-state index in [0.717, 1.165) is 17.0 Å². The van der Waals surface area contributed by atoms with E-state index in [1.54, 1.807) is 0 Å². The number of quaternary nitrogens is 1. The van der Waals surface area contributed by atoms with Crippen LogP contribution in [0.1, 0.15) is 19.8 Å². The van der Waals surface area contributed by atoms with Gasteiger partial charge in [0.1, 0.15) is 12.6 Å². The third kappa shape index (κ3) is 2.23. The lowest BCUT2D eigenvalue weighted by Crippen LogP contribution is -2.31. The van der Waals surface area contributed by atoms with E-state index >= 15 is 0 Å². The Morgan fingerprint density at radius 2 is 2.25 bits per heavy atom. The maximum Gasteiger partial charge on any atom is 0.112 e. The Balaban J connectivity index is 2.56. The first-order valence-electron chi connectivity index (χ1n) is 4.62. The van der Waals surface area contributed by atoms with E-state index < -0.39 is 0 Å². The summed E-state index contributed by atoms with van der Waals surface area (Å²) in [6.07, 6.45) is 2.50. The van der Waals surface area contributed by atoms with Crippen LogP contribution in [0.5, 0.6) is 0 Å². The van der Waals surface area contributed by atoms with E-state index in [1.807, 2.05) is 0 Å². The SMILES string of the molecule is C=NC1C[N+](C)(S)CC1CCC. The molecule has 1 saturated heterocycles. The van der Waals surface area contributed by atoms with Crippen LogP contribution < -0.4 is 0 Å². The summed E-state index contributed by atoms with van der Waals surface area (Å²) in [7, 11) is 2.15. The van der Waals surface area contributed by atoms with Crippen LogP contribution in [0.2, 0.25) is 0 Å². The van der Waals surface area contributed by atoms with E-state index in [9.17, 15) is 0 Å². The molecule has 0 spiro atoms. The first-order chi connectivity index (χ1) is 5.59. The highest BCUT2D eigenvalue weighted by Crippen LogP contribution is 2.30. The van der Waals surface area contributed by atoms with Gasteiger partial charge >= 0.3 is 0 Å². The topological polar surface area (TPSA) is 12.4 Å². The maximum absolute atomic E-state index is 4.56. The summed E-state index contributed by atoms with van der Waals surface area (Å²) in [5.41, 5.74) is 0. The van der Waals surface area contributed by atoms with Crippen molar-refractivity contribution in [2.75, 3.05) is 20.1 Å². The Kier molecular flexibility index (Phi) is 3.18. The lowest BCUT2D eigenvalue weighted by molar-refractivity contribution is -0.757. The van der Waals surface area contributed by atoms with E-state index in [-0.39, 0.29) is 0 Å². The van der Waals surface area contributed by atoms with Gasteiger partial charge in [0.15, 0.2) is 0 Å². The van der Waals surface area contributed by atoms with Gasteiger partial charge in [0.2, 0.25) is 0 Å². The molecule has 3 heteroatoms. The number of likely N-dealkylation sites (tertiary alicyclic amines) is 1. The van der Waals surface area contributed by atoms with Gasteiger partial charge < -0.3 is 0 Å². The second-order valence-corrected chi connectivity index (χ2v) is 4.97. The summed E-state index contributed by atoms with van der Waals surface area (Å²) in [6, 6.07) is 0.437. The smallest absolute Gasteiger partial charge is 0.112 e. The molecule has 0 N–H and O–H groups in total. The number of thiol groups is 1. The Morgan fingerprint density at radius 1 is 1.58 bits per heavy atom. The van der Waals surface area contributed by atoms with Crippen molar-refractivity contribution in [3.63, 3.8) is 0 Å². The second kappa shape index (κ2) is 3.79. The zero-order valence-electron chi connectivity index (χ0n) is 8.03. The summed E-state index contributed by atoms with van der Waals surface area (Å²) in [4.78, 5) is 4.17. The Hall–Kier alpha value is -0.0200. The highest BCUT2D eigenvalue weighted by atomic mass is 32.1. The largest absolute Gasteiger partial charge is 0.291 e. The van der Waals surface area contributed by atoms with Crippen molar-refractivity contribution in [3.05, 3.63) is 0 Å². The molecule has 0 aliphatic carbocycles. The molecule has 3 unspecified atom stereocenters. The van der Waals surface area contributed by atoms with Crippen LogP contribution in [0.15, 0.2) is 4.99 Å². The van der Waals surface area contributed by atoms with E-state index in [4.69, 9.17) is 0 Å². The molecule has 1 heterocycles. The van der Waals surface area contributed by atoms with Gasteiger partial charge in [0, 0.05) is 5.92 Å². The molecule has 0 aromatic rings. The van der Waals surface area contributed by atoms with Gasteiger partial charge in [-0.2, -0.15) is 0 Å². The van der Waals surface area contributed by atoms with Crippen molar-refractivity contribution in [1.82, 2.24) is 0 Å². The maximum atomic E-state index is 4.56. The highest BCUT2D eigenvalue weighted by Gasteiger charge is 2.39. The summed E-state index contributed by atoms with van der Waals surface area (Å²) in [6.45, 7) is 8.05. The fourth-order valence-electron chi connectivity index (χ4n) is 2.11. The molecule has 0 saturated carbocycles. The van der Waals surface area contributed by atoms with Gasteiger partial charge in [-0.3, -0.25) is 8.88 Å². The van der Waals surface area contributed by atoms with Crippen LogP contribution in [0.25, 0.3) is 0 Å². The lowest BCUT2D eigenvalue weighted by atomic mass is 9.99. The molecule has 0 aromatic carbocycles. The molecular formula is C9H19N2S+. The van der Waals surface area contributed by atoms with Crippen LogP contribution in [-0.2, 0) is 0 Å². The first kappa shape index (κ1) is 10.1. The number of likely N-dealkylation sites (N-methyl/N-ethyl adjacent to an activating group) is 1. The van der Waals surface area contributed by atoms with Gasteiger partial charge in [-0.1, -0.05) is 13.3 Å². The molecule has 3 atom stereocenters. The molecule has 0 radical (unpaired) electrons. The Morgan fingerprint density at radius 3 is 2.75 bits per heavy atom. The third-order valence-electron chi connectivity index (χ3n) is 2.65. The quantitative estimate of drug-likeness (QED) is 0.393. The van der Waals surface area contributed by atoms with E-state index in [2.05, 4.69) is 38.5 Å². The van der Waals surface area contributed by atoms with Crippen LogP contribution in [0.4, 0.5) is 0 Å². The molecule has 1 aliphatic rings. The molecule has 0 amide bonds. The minimum atomic E-state index is 0.437. The van der Waals surface area contributed by atoms with Crippen molar-refractivity contribution in [3.8, 4) is 0 Å². The fraction of sp³-hybridized carbons (Fsp3) is 0.889. The second-order valence-electron chi connectivity index (χ2n) is 4.00. The van der Waals surface area contributed by atoms with Crippen molar-refractivity contribution < 1.29 is 3.89 Å². The number of hydrogen-bond donors (Lipinski definition) is 1. The Labute approximate surface area is 80.8 Å². The third-order valence-corrected chi connectivity index (χ3v) is 2.97. The standard InChI is InChI=1S/C9H19N2S/c1-4-5-8-6-11(3,12)7-9(8)10-2/h8-9,12H,2,4-7H2,1,3H3/q+1. The fourth-order valence-corrected chi connectivity index (χ4v) is 2.49. The van der Waals surface area contributed by atoms with E-state index in [0.29, 0.717) is 12.0 Å². The highest BCUT2D eigenvalue weighted by molar-refractivity contribution is 7.74. The zero-order valence-corrected chi connectivity index (χ0v) is 8.93. The van der Waals surface area contributed by atoms with Crippen LogP contribution in [0.3, 0.4) is 0 Å². The molecule has 70 valence electrons. The van der Waals surface area contributed by atoms with Gasteiger partial charge in [0.25, 0.3) is 0 Å². The average molecular weight is 187 g/mol. The predicted molar refractivity (Wildman–Crippen MR) is 56.6 cm³/mol. The van der Waals surface area contributed by atoms with Crippen LogP contribution in [0, 0.1) is 5.92 Å². The summed E-state index contributed by atoms with van der Waals surface area (Å²) >= 11 is 4.56. The van der Waals surface area contributed by atoms with Gasteiger partial charge in [0.05, 0.1) is 26.4 Å². The molecule has 1 aliphatic heterocycles.